The Kier molecular flexibility index (Phi) is 1.85. The Bertz CT molecular complexity index is 184. The zero-order chi connectivity index (χ0) is 6.69. The molecule has 0 atom stereocenters. The van der Waals surface area contributed by atoms with E-state index >= 15 is 0 Å². The fraction of sp³-hybridized carbons (Fsp3) is 0.200. The Balaban J connectivity index is 2.88. The SMILES string of the molecule is Nc1cnc(CCl)nc1. The summed E-state index contributed by atoms with van der Waals surface area (Å²) < 4.78 is 0. The van der Waals surface area contributed by atoms with Gasteiger partial charge in [-0.3, -0.25) is 0 Å². The third-order valence-electron chi connectivity index (χ3n) is 0.845. The van der Waals surface area contributed by atoms with Crippen LogP contribution < -0.4 is 5.73 Å². The minimum Gasteiger partial charge on any atom is -0.396 e. The first kappa shape index (κ1) is 6.29. The van der Waals surface area contributed by atoms with Crippen LogP contribution in [0, 0.1) is 0 Å². The van der Waals surface area contributed by atoms with E-state index in [1.165, 1.54) is 12.4 Å². The molecule has 0 aliphatic rings. The third kappa shape index (κ3) is 1.54. The average molecular weight is 144 g/mol. The quantitative estimate of drug-likeness (QED) is 0.592. The number of alkyl halides is 1. The number of hydrogen-bond donors (Lipinski definition) is 1. The van der Waals surface area contributed by atoms with Crippen molar-refractivity contribution in [2.45, 2.75) is 5.88 Å². The Morgan fingerprint density at radius 2 is 2.00 bits per heavy atom. The van der Waals surface area contributed by atoms with Crippen LogP contribution >= 0.6 is 11.6 Å². The monoisotopic (exact) mass is 143 g/mol. The molecular weight excluding hydrogens is 138 g/mol. The van der Waals surface area contributed by atoms with Crippen molar-refractivity contribution < 1.29 is 0 Å². The largest absolute Gasteiger partial charge is 0.396 e. The minimum absolute atomic E-state index is 0.334. The number of hydrogen-bond acceptors (Lipinski definition) is 3. The summed E-state index contributed by atoms with van der Waals surface area (Å²) in [7, 11) is 0. The molecular formula is C5H6ClN3. The molecule has 0 radical (unpaired) electrons. The summed E-state index contributed by atoms with van der Waals surface area (Å²) in [6.45, 7) is 0. The van der Waals surface area contributed by atoms with Gasteiger partial charge in [0, 0.05) is 0 Å². The molecule has 0 aliphatic carbocycles. The van der Waals surface area contributed by atoms with Crippen LogP contribution in [0.3, 0.4) is 0 Å². The molecule has 4 heteroatoms. The van der Waals surface area contributed by atoms with Gasteiger partial charge < -0.3 is 5.73 Å². The summed E-state index contributed by atoms with van der Waals surface area (Å²) in [6, 6.07) is 0. The van der Waals surface area contributed by atoms with Crippen LogP contribution in [0.2, 0.25) is 0 Å². The molecule has 3 nitrogen and oxygen atoms in total. The maximum absolute atomic E-state index is 5.41. The second kappa shape index (κ2) is 2.64. The van der Waals surface area contributed by atoms with Crippen molar-refractivity contribution in [1.82, 2.24) is 9.97 Å². The van der Waals surface area contributed by atoms with Crippen LogP contribution in [0.4, 0.5) is 5.69 Å². The van der Waals surface area contributed by atoms with E-state index in [-0.39, 0.29) is 0 Å². The molecule has 2 N–H and O–H groups in total. The number of aromatic nitrogens is 2. The molecule has 0 saturated heterocycles. The zero-order valence-electron chi connectivity index (χ0n) is 4.71. The topological polar surface area (TPSA) is 51.8 Å². The second-order valence-electron chi connectivity index (χ2n) is 1.57. The van der Waals surface area contributed by atoms with E-state index in [0.29, 0.717) is 17.4 Å². The first-order valence-corrected chi connectivity index (χ1v) is 2.98. The lowest BCUT2D eigenvalue weighted by Gasteiger charge is -1.91. The molecule has 0 aliphatic heterocycles. The summed E-state index contributed by atoms with van der Waals surface area (Å²) in [5, 5.41) is 0. The van der Waals surface area contributed by atoms with Crippen LogP contribution in [0.15, 0.2) is 12.4 Å². The Hall–Kier alpha value is -0.830. The van der Waals surface area contributed by atoms with E-state index in [0.717, 1.165) is 0 Å². The van der Waals surface area contributed by atoms with E-state index < -0.39 is 0 Å². The summed E-state index contributed by atoms with van der Waals surface area (Å²) in [5.41, 5.74) is 5.87. The van der Waals surface area contributed by atoms with Crippen molar-refractivity contribution in [3.63, 3.8) is 0 Å². The Labute approximate surface area is 57.9 Å². The summed E-state index contributed by atoms with van der Waals surface area (Å²) in [5.74, 6) is 0.936. The molecule has 1 aromatic rings. The molecule has 0 unspecified atom stereocenters. The zero-order valence-corrected chi connectivity index (χ0v) is 5.47. The van der Waals surface area contributed by atoms with E-state index in [4.69, 9.17) is 17.3 Å². The lowest BCUT2D eigenvalue weighted by Crippen LogP contribution is -1.92. The Morgan fingerprint density at radius 1 is 1.44 bits per heavy atom. The normalized spacial score (nSPS) is 9.44. The first-order chi connectivity index (χ1) is 4.33. The molecule has 0 aromatic carbocycles. The minimum atomic E-state index is 0.334. The molecule has 1 aromatic heterocycles. The summed E-state index contributed by atoms with van der Waals surface area (Å²) >= 11 is 5.41. The highest BCUT2D eigenvalue weighted by Gasteiger charge is 1.89. The van der Waals surface area contributed by atoms with Crippen LogP contribution in [-0.4, -0.2) is 9.97 Å². The van der Waals surface area contributed by atoms with Gasteiger partial charge in [-0.25, -0.2) is 9.97 Å². The van der Waals surface area contributed by atoms with Crippen molar-refractivity contribution in [1.29, 1.82) is 0 Å². The highest BCUT2D eigenvalue weighted by Crippen LogP contribution is 1.97. The van der Waals surface area contributed by atoms with Crippen LogP contribution in [0.1, 0.15) is 5.82 Å². The van der Waals surface area contributed by atoms with Crippen LogP contribution in [-0.2, 0) is 5.88 Å². The first-order valence-electron chi connectivity index (χ1n) is 2.45. The summed E-state index contributed by atoms with van der Waals surface area (Å²) in [6.07, 6.45) is 3.06. The second-order valence-corrected chi connectivity index (χ2v) is 1.83. The van der Waals surface area contributed by atoms with E-state index in [9.17, 15) is 0 Å². The third-order valence-corrected chi connectivity index (χ3v) is 1.08. The molecule has 0 bridgehead atoms. The van der Waals surface area contributed by atoms with Crippen LogP contribution in [0.5, 0.6) is 0 Å². The van der Waals surface area contributed by atoms with Crippen molar-refractivity contribution in [2.75, 3.05) is 5.73 Å². The highest BCUT2D eigenvalue weighted by atomic mass is 35.5. The van der Waals surface area contributed by atoms with Crippen molar-refractivity contribution in [3.05, 3.63) is 18.2 Å². The standard InChI is InChI=1S/C5H6ClN3/c6-1-5-8-2-4(7)3-9-5/h2-3H,1,7H2. The molecule has 0 saturated carbocycles. The maximum atomic E-state index is 5.41. The van der Waals surface area contributed by atoms with Gasteiger partial charge in [-0.2, -0.15) is 0 Å². The fourth-order valence-electron chi connectivity index (χ4n) is 0.434. The number of nitrogen functional groups attached to an aromatic ring is 1. The predicted octanol–water partition coefficient (Wildman–Crippen LogP) is 0.798. The van der Waals surface area contributed by atoms with E-state index in [1.807, 2.05) is 0 Å². The van der Waals surface area contributed by atoms with Gasteiger partial charge in [0.05, 0.1) is 24.0 Å². The van der Waals surface area contributed by atoms with Crippen molar-refractivity contribution in [3.8, 4) is 0 Å². The van der Waals surface area contributed by atoms with Gasteiger partial charge in [-0.1, -0.05) is 0 Å². The van der Waals surface area contributed by atoms with Gasteiger partial charge in [0.1, 0.15) is 5.82 Å². The lowest BCUT2D eigenvalue weighted by atomic mass is 10.5. The summed E-state index contributed by atoms with van der Waals surface area (Å²) in [4.78, 5) is 7.66. The average Bonchev–Trinajstić information content (AvgIpc) is 1.90. The fourth-order valence-corrected chi connectivity index (χ4v) is 0.572. The van der Waals surface area contributed by atoms with Gasteiger partial charge in [0.2, 0.25) is 0 Å². The smallest absolute Gasteiger partial charge is 0.143 e. The molecule has 9 heavy (non-hydrogen) atoms. The Morgan fingerprint density at radius 3 is 2.44 bits per heavy atom. The van der Waals surface area contributed by atoms with Gasteiger partial charge in [-0.15, -0.1) is 11.6 Å². The van der Waals surface area contributed by atoms with Gasteiger partial charge in [-0.05, 0) is 0 Å². The number of halogens is 1. The number of nitrogens with two attached hydrogens (primary N) is 1. The predicted molar refractivity (Wildman–Crippen MR) is 36.0 cm³/mol. The number of rotatable bonds is 1. The van der Waals surface area contributed by atoms with Gasteiger partial charge in [0.25, 0.3) is 0 Å². The van der Waals surface area contributed by atoms with Crippen molar-refractivity contribution >= 4 is 17.3 Å². The van der Waals surface area contributed by atoms with E-state index in [2.05, 4.69) is 9.97 Å². The van der Waals surface area contributed by atoms with E-state index in [1.54, 1.807) is 0 Å². The molecule has 0 spiro atoms. The van der Waals surface area contributed by atoms with Crippen molar-refractivity contribution in [2.24, 2.45) is 0 Å². The molecule has 1 rings (SSSR count). The molecule has 48 valence electrons. The molecule has 1 heterocycles. The lowest BCUT2D eigenvalue weighted by molar-refractivity contribution is 1.03. The van der Waals surface area contributed by atoms with Gasteiger partial charge >= 0.3 is 0 Å². The number of anilines is 1. The maximum Gasteiger partial charge on any atom is 0.143 e. The number of nitrogens with zero attached hydrogens (tertiary/aromatic N) is 2. The van der Waals surface area contributed by atoms with Crippen LogP contribution in [0.25, 0.3) is 0 Å². The molecule has 0 amide bonds. The van der Waals surface area contributed by atoms with Gasteiger partial charge in [0.15, 0.2) is 0 Å². The highest BCUT2D eigenvalue weighted by molar-refractivity contribution is 6.16. The molecule has 0 fully saturated rings.